The molecule has 72 valence electrons. The highest BCUT2D eigenvalue weighted by molar-refractivity contribution is 5.38. The van der Waals surface area contributed by atoms with Crippen LogP contribution in [0.25, 0.3) is 0 Å². The van der Waals surface area contributed by atoms with Gasteiger partial charge in [-0.1, -0.05) is 6.07 Å². The Kier molecular flexibility index (Phi) is 3.19. The molecular formula is C9H10F2O2. The van der Waals surface area contributed by atoms with Crippen molar-refractivity contribution < 1.29 is 18.6 Å². The van der Waals surface area contributed by atoms with Crippen molar-refractivity contribution in [3.63, 3.8) is 0 Å². The molecule has 4 heteroatoms. The van der Waals surface area contributed by atoms with E-state index in [2.05, 4.69) is 0 Å². The molecule has 1 N–H and O–H groups in total. The van der Waals surface area contributed by atoms with Crippen LogP contribution < -0.4 is 4.74 Å². The van der Waals surface area contributed by atoms with Crippen LogP contribution in [0.4, 0.5) is 8.78 Å². The molecule has 1 aromatic rings. The number of rotatable bonds is 3. The number of methoxy groups -OCH3 is 1. The van der Waals surface area contributed by atoms with E-state index in [4.69, 9.17) is 9.84 Å². The fourth-order valence-corrected chi connectivity index (χ4v) is 1.03. The van der Waals surface area contributed by atoms with E-state index in [0.717, 1.165) is 0 Å². The zero-order valence-electron chi connectivity index (χ0n) is 7.13. The summed E-state index contributed by atoms with van der Waals surface area (Å²) < 4.78 is 29.4. The van der Waals surface area contributed by atoms with Crippen molar-refractivity contribution >= 4 is 0 Å². The lowest BCUT2D eigenvalue weighted by molar-refractivity contribution is 0.147. The summed E-state index contributed by atoms with van der Waals surface area (Å²) in [6.07, 6.45) is -2.55. The van der Waals surface area contributed by atoms with Crippen LogP contribution in [0.5, 0.6) is 5.75 Å². The fourth-order valence-electron chi connectivity index (χ4n) is 1.03. The van der Waals surface area contributed by atoms with Gasteiger partial charge in [-0.05, 0) is 17.7 Å². The third kappa shape index (κ3) is 2.15. The van der Waals surface area contributed by atoms with Gasteiger partial charge in [0.15, 0.2) is 0 Å². The summed E-state index contributed by atoms with van der Waals surface area (Å²) >= 11 is 0. The Morgan fingerprint density at radius 1 is 1.46 bits per heavy atom. The molecule has 0 aliphatic heterocycles. The highest BCUT2D eigenvalue weighted by Gasteiger charge is 2.13. The normalized spacial score (nSPS) is 10.5. The molecule has 1 aromatic carbocycles. The van der Waals surface area contributed by atoms with E-state index in [1.165, 1.54) is 25.3 Å². The molecular weight excluding hydrogens is 178 g/mol. The summed E-state index contributed by atoms with van der Waals surface area (Å²) in [5.74, 6) is 0.113. The van der Waals surface area contributed by atoms with Gasteiger partial charge in [-0.3, -0.25) is 0 Å². The summed E-state index contributed by atoms with van der Waals surface area (Å²) in [5.41, 5.74) is 0.404. The van der Waals surface area contributed by atoms with Crippen molar-refractivity contribution in [1.82, 2.24) is 0 Å². The third-order valence-electron chi connectivity index (χ3n) is 1.72. The first kappa shape index (κ1) is 9.92. The Bertz CT molecular complexity index is 287. The van der Waals surface area contributed by atoms with Gasteiger partial charge in [0.05, 0.1) is 19.3 Å². The number of hydrogen-bond acceptors (Lipinski definition) is 2. The van der Waals surface area contributed by atoms with Gasteiger partial charge in [0.2, 0.25) is 0 Å². The summed E-state index contributed by atoms with van der Waals surface area (Å²) in [5, 5.41) is 8.74. The van der Waals surface area contributed by atoms with Crippen LogP contribution in [0.3, 0.4) is 0 Å². The molecule has 13 heavy (non-hydrogen) atoms. The van der Waals surface area contributed by atoms with Crippen molar-refractivity contribution in [2.75, 3.05) is 7.11 Å². The number of halogens is 2. The van der Waals surface area contributed by atoms with Gasteiger partial charge >= 0.3 is 0 Å². The average molecular weight is 188 g/mol. The lowest BCUT2D eigenvalue weighted by Crippen LogP contribution is -1.94. The molecule has 0 amide bonds. The smallest absolute Gasteiger partial charge is 0.267 e. The van der Waals surface area contributed by atoms with E-state index in [9.17, 15) is 8.78 Å². The quantitative estimate of drug-likeness (QED) is 0.787. The summed E-state index contributed by atoms with van der Waals surface area (Å²) in [6, 6.07) is 4.11. The number of aliphatic hydroxyl groups is 1. The molecule has 0 unspecified atom stereocenters. The Labute approximate surface area is 74.8 Å². The zero-order chi connectivity index (χ0) is 9.84. The fraction of sp³-hybridized carbons (Fsp3) is 0.333. The monoisotopic (exact) mass is 188 g/mol. The SMILES string of the molecule is COc1cc(CO)ccc1C(F)F. The number of benzene rings is 1. The molecule has 0 aliphatic carbocycles. The number of aliphatic hydroxyl groups excluding tert-OH is 1. The van der Waals surface area contributed by atoms with Crippen LogP contribution in [0.1, 0.15) is 17.6 Å². The number of alkyl halides is 2. The molecule has 0 bridgehead atoms. The topological polar surface area (TPSA) is 29.5 Å². The lowest BCUT2D eigenvalue weighted by atomic mass is 10.1. The minimum Gasteiger partial charge on any atom is -0.496 e. The first-order chi connectivity index (χ1) is 6.19. The molecule has 0 fully saturated rings. The van der Waals surface area contributed by atoms with Gasteiger partial charge in [-0.25, -0.2) is 8.78 Å². The molecule has 2 nitrogen and oxygen atoms in total. The van der Waals surface area contributed by atoms with Crippen LogP contribution in [0.15, 0.2) is 18.2 Å². The molecule has 0 aromatic heterocycles. The Hall–Kier alpha value is -1.16. The molecule has 0 spiro atoms. The van der Waals surface area contributed by atoms with Gasteiger partial charge in [-0.2, -0.15) is 0 Å². The molecule has 0 heterocycles. The molecule has 0 radical (unpaired) electrons. The Balaban J connectivity index is 3.08. The van der Waals surface area contributed by atoms with Gasteiger partial charge in [-0.15, -0.1) is 0 Å². The van der Waals surface area contributed by atoms with E-state index in [1.54, 1.807) is 0 Å². The number of ether oxygens (including phenoxy) is 1. The van der Waals surface area contributed by atoms with Gasteiger partial charge in [0.25, 0.3) is 6.43 Å². The van der Waals surface area contributed by atoms with Crippen LogP contribution in [0, 0.1) is 0 Å². The molecule has 0 saturated heterocycles. The largest absolute Gasteiger partial charge is 0.496 e. The van der Waals surface area contributed by atoms with Crippen molar-refractivity contribution in [2.24, 2.45) is 0 Å². The van der Waals surface area contributed by atoms with E-state index in [-0.39, 0.29) is 17.9 Å². The highest BCUT2D eigenvalue weighted by Crippen LogP contribution is 2.29. The second-order valence-electron chi connectivity index (χ2n) is 2.54. The Morgan fingerprint density at radius 2 is 2.15 bits per heavy atom. The lowest BCUT2D eigenvalue weighted by Gasteiger charge is -2.08. The maximum Gasteiger partial charge on any atom is 0.267 e. The van der Waals surface area contributed by atoms with Crippen molar-refractivity contribution in [3.05, 3.63) is 29.3 Å². The second kappa shape index (κ2) is 4.18. The van der Waals surface area contributed by atoms with E-state index >= 15 is 0 Å². The standard InChI is InChI=1S/C9H10F2O2/c1-13-8-4-6(5-12)2-3-7(8)9(10)11/h2-4,9,12H,5H2,1H3. The Morgan fingerprint density at radius 3 is 2.62 bits per heavy atom. The van der Waals surface area contributed by atoms with Crippen LogP contribution in [-0.4, -0.2) is 12.2 Å². The van der Waals surface area contributed by atoms with Crippen molar-refractivity contribution in [2.45, 2.75) is 13.0 Å². The average Bonchev–Trinajstić information content (AvgIpc) is 2.16. The van der Waals surface area contributed by atoms with E-state index in [1.807, 2.05) is 0 Å². The van der Waals surface area contributed by atoms with Crippen molar-refractivity contribution in [3.8, 4) is 5.75 Å². The molecule has 0 saturated carbocycles. The zero-order valence-corrected chi connectivity index (χ0v) is 7.13. The summed E-state index contributed by atoms with van der Waals surface area (Å²) in [7, 11) is 1.32. The van der Waals surface area contributed by atoms with Gasteiger partial charge in [0, 0.05) is 0 Å². The maximum absolute atomic E-state index is 12.3. The van der Waals surface area contributed by atoms with Crippen LogP contribution in [-0.2, 0) is 6.61 Å². The first-order valence-corrected chi connectivity index (χ1v) is 3.75. The molecule has 1 rings (SSSR count). The summed E-state index contributed by atoms with van der Waals surface area (Å²) in [4.78, 5) is 0. The van der Waals surface area contributed by atoms with E-state index < -0.39 is 6.43 Å². The van der Waals surface area contributed by atoms with E-state index in [0.29, 0.717) is 5.56 Å². The molecule has 0 atom stereocenters. The van der Waals surface area contributed by atoms with Crippen LogP contribution in [0.2, 0.25) is 0 Å². The van der Waals surface area contributed by atoms with Crippen molar-refractivity contribution in [1.29, 1.82) is 0 Å². The maximum atomic E-state index is 12.3. The second-order valence-corrected chi connectivity index (χ2v) is 2.54. The predicted molar refractivity (Wildman–Crippen MR) is 43.9 cm³/mol. The predicted octanol–water partition coefficient (Wildman–Crippen LogP) is 2.13. The van der Waals surface area contributed by atoms with Gasteiger partial charge < -0.3 is 9.84 Å². The number of hydrogen-bond donors (Lipinski definition) is 1. The third-order valence-corrected chi connectivity index (χ3v) is 1.72. The minimum absolute atomic E-state index is 0.113. The first-order valence-electron chi connectivity index (χ1n) is 3.75. The summed E-state index contributed by atoms with van der Waals surface area (Å²) in [6.45, 7) is -0.181. The van der Waals surface area contributed by atoms with Crippen LogP contribution >= 0.6 is 0 Å². The highest BCUT2D eigenvalue weighted by atomic mass is 19.3. The minimum atomic E-state index is -2.55. The van der Waals surface area contributed by atoms with Gasteiger partial charge in [0.1, 0.15) is 5.75 Å². The molecule has 0 aliphatic rings.